The van der Waals surface area contributed by atoms with Gasteiger partial charge in [-0.1, -0.05) is 36.4 Å². The highest BCUT2D eigenvalue weighted by atomic mass is 35.5. The maximum Gasteiger partial charge on any atom is 0.171 e. The lowest BCUT2D eigenvalue weighted by Crippen LogP contribution is -2.20. The number of carbonyl (C=O) groups is 1. The second-order valence-corrected chi connectivity index (χ2v) is 5.23. The summed E-state index contributed by atoms with van der Waals surface area (Å²) >= 11 is 0. The first-order valence-corrected chi connectivity index (χ1v) is 6.80. The van der Waals surface area contributed by atoms with E-state index in [1.54, 1.807) is 0 Å². The number of nitrogens with zero attached hydrogens (tertiary/aromatic N) is 1. The topological polar surface area (TPSA) is 30.0 Å². The van der Waals surface area contributed by atoms with Crippen molar-refractivity contribution in [3.8, 4) is 0 Å². The number of rotatable bonds is 2. The summed E-state index contributed by atoms with van der Waals surface area (Å²) in [6, 6.07) is 11.7. The Balaban J connectivity index is 0.00000147. The molecule has 3 rings (SSSR count). The van der Waals surface area contributed by atoms with Crippen molar-refractivity contribution in [3.63, 3.8) is 0 Å². The molecule has 1 atom stereocenters. The standard InChI is InChI=1S/C17H17NO.ClH/c1-12-10-14-8-5-9-15(16(14)18-11-12)17(19)13-6-3-2-4-7-13;/h2-4,6-7,10-11,15H,5,8-9H2,1H3;1H. The predicted molar refractivity (Wildman–Crippen MR) is 82.7 cm³/mol. The molecule has 1 aromatic carbocycles. The third-order valence-electron chi connectivity index (χ3n) is 3.78. The van der Waals surface area contributed by atoms with Crippen molar-refractivity contribution in [1.82, 2.24) is 4.98 Å². The van der Waals surface area contributed by atoms with E-state index in [1.807, 2.05) is 36.5 Å². The monoisotopic (exact) mass is 287 g/mol. The summed E-state index contributed by atoms with van der Waals surface area (Å²) in [5, 5.41) is 0. The Morgan fingerprint density at radius 2 is 2.00 bits per heavy atom. The van der Waals surface area contributed by atoms with E-state index in [1.165, 1.54) is 11.1 Å². The predicted octanol–water partition coefficient (Wildman–Crippen LogP) is 4.11. The van der Waals surface area contributed by atoms with Gasteiger partial charge >= 0.3 is 0 Å². The molecule has 2 nitrogen and oxygen atoms in total. The van der Waals surface area contributed by atoms with Crippen LogP contribution in [0.2, 0.25) is 0 Å². The zero-order valence-electron chi connectivity index (χ0n) is 11.5. The number of halogens is 1. The van der Waals surface area contributed by atoms with Crippen LogP contribution in [0.1, 0.15) is 45.9 Å². The Hall–Kier alpha value is -1.67. The number of ketones is 1. The van der Waals surface area contributed by atoms with Gasteiger partial charge in [-0.25, -0.2) is 0 Å². The summed E-state index contributed by atoms with van der Waals surface area (Å²) in [6.45, 7) is 2.05. The fourth-order valence-corrected chi connectivity index (χ4v) is 2.85. The van der Waals surface area contributed by atoms with Crippen LogP contribution in [0.15, 0.2) is 42.6 Å². The summed E-state index contributed by atoms with van der Waals surface area (Å²) in [4.78, 5) is 17.1. The molecule has 1 unspecified atom stereocenters. The van der Waals surface area contributed by atoms with Crippen LogP contribution in [-0.2, 0) is 6.42 Å². The normalized spacial score (nSPS) is 16.9. The Kier molecular flexibility index (Phi) is 4.56. The van der Waals surface area contributed by atoms with Crippen molar-refractivity contribution in [3.05, 3.63) is 65.0 Å². The molecule has 3 heteroatoms. The van der Waals surface area contributed by atoms with Crippen LogP contribution in [0.25, 0.3) is 0 Å². The minimum absolute atomic E-state index is 0. The number of aromatic nitrogens is 1. The van der Waals surface area contributed by atoms with Gasteiger partial charge in [-0.3, -0.25) is 9.78 Å². The smallest absolute Gasteiger partial charge is 0.171 e. The van der Waals surface area contributed by atoms with Gasteiger partial charge in [-0.2, -0.15) is 0 Å². The molecule has 1 aliphatic rings. The summed E-state index contributed by atoms with van der Waals surface area (Å²) in [5.74, 6) is 0.143. The molecule has 20 heavy (non-hydrogen) atoms. The zero-order valence-corrected chi connectivity index (χ0v) is 12.3. The molecule has 0 N–H and O–H groups in total. The largest absolute Gasteiger partial charge is 0.293 e. The van der Waals surface area contributed by atoms with Gasteiger partial charge in [0.15, 0.2) is 5.78 Å². The number of hydrogen-bond donors (Lipinski definition) is 0. The summed E-state index contributed by atoms with van der Waals surface area (Å²) in [7, 11) is 0. The average Bonchev–Trinajstić information content (AvgIpc) is 2.46. The molecule has 1 aromatic heterocycles. The number of carbonyl (C=O) groups excluding carboxylic acids is 1. The van der Waals surface area contributed by atoms with Gasteiger partial charge in [-0.15, -0.1) is 12.4 Å². The van der Waals surface area contributed by atoms with E-state index < -0.39 is 0 Å². The molecule has 0 fully saturated rings. The van der Waals surface area contributed by atoms with E-state index in [-0.39, 0.29) is 24.1 Å². The van der Waals surface area contributed by atoms with Crippen molar-refractivity contribution >= 4 is 18.2 Å². The van der Waals surface area contributed by atoms with Gasteiger partial charge in [0, 0.05) is 11.8 Å². The van der Waals surface area contributed by atoms with Crippen molar-refractivity contribution < 1.29 is 4.79 Å². The van der Waals surface area contributed by atoms with Crippen molar-refractivity contribution in [2.45, 2.75) is 32.1 Å². The number of hydrogen-bond acceptors (Lipinski definition) is 2. The third-order valence-corrected chi connectivity index (χ3v) is 3.78. The second kappa shape index (κ2) is 6.19. The summed E-state index contributed by atoms with van der Waals surface area (Å²) in [5.41, 5.74) is 4.21. The van der Waals surface area contributed by atoms with Gasteiger partial charge in [0.1, 0.15) is 0 Å². The number of benzene rings is 1. The molecule has 0 amide bonds. The lowest BCUT2D eigenvalue weighted by atomic mass is 9.81. The second-order valence-electron chi connectivity index (χ2n) is 5.23. The zero-order chi connectivity index (χ0) is 13.2. The highest BCUT2D eigenvalue weighted by molar-refractivity contribution is 6.01. The highest BCUT2D eigenvalue weighted by Gasteiger charge is 2.28. The first kappa shape index (κ1) is 14.7. The van der Waals surface area contributed by atoms with Crippen LogP contribution in [0.3, 0.4) is 0 Å². The van der Waals surface area contributed by atoms with Crippen molar-refractivity contribution in [2.24, 2.45) is 0 Å². The van der Waals surface area contributed by atoms with E-state index in [9.17, 15) is 4.79 Å². The van der Waals surface area contributed by atoms with Crippen LogP contribution in [0, 0.1) is 6.92 Å². The SMILES string of the molecule is Cc1cnc2c(c1)CCCC2C(=O)c1ccccc1.Cl. The average molecular weight is 288 g/mol. The van der Waals surface area contributed by atoms with E-state index in [0.29, 0.717) is 0 Å². The fraction of sp³-hybridized carbons (Fsp3) is 0.294. The Morgan fingerprint density at radius 1 is 1.25 bits per heavy atom. The van der Waals surface area contributed by atoms with Gasteiger partial charge in [-0.05, 0) is 37.3 Å². The molecule has 0 saturated heterocycles. The number of aryl methyl sites for hydroxylation is 2. The lowest BCUT2D eigenvalue weighted by Gasteiger charge is -2.23. The minimum Gasteiger partial charge on any atom is -0.293 e. The quantitative estimate of drug-likeness (QED) is 0.778. The van der Waals surface area contributed by atoms with Gasteiger partial charge < -0.3 is 0 Å². The highest BCUT2D eigenvalue weighted by Crippen LogP contribution is 2.32. The van der Waals surface area contributed by atoms with E-state index in [2.05, 4.69) is 18.0 Å². The molecular formula is C17H18ClNO. The molecule has 104 valence electrons. The Morgan fingerprint density at radius 3 is 2.75 bits per heavy atom. The van der Waals surface area contributed by atoms with Crippen molar-refractivity contribution in [2.75, 3.05) is 0 Å². The molecule has 0 radical (unpaired) electrons. The van der Waals surface area contributed by atoms with Crippen LogP contribution in [-0.4, -0.2) is 10.8 Å². The van der Waals surface area contributed by atoms with Crippen LogP contribution in [0.5, 0.6) is 0 Å². The Bertz CT molecular complexity index is 610. The van der Waals surface area contributed by atoms with Crippen molar-refractivity contribution in [1.29, 1.82) is 0 Å². The molecule has 0 bridgehead atoms. The number of Topliss-reactive ketones (excluding diaryl/α,β-unsaturated/α-hetero) is 1. The third kappa shape index (κ3) is 2.75. The molecule has 0 aliphatic heterocycles. The molecule has 2 aromatic rings. The summed E-state index contributed by atoms with van der Waals surface area (Å²) in [6.07, 6.45) is 4.90. The molecular weight excluding hydrogens is 270 g/mol. The van der Waals surface area contributed by atoms with Gasteiger partial charge in [0.25, 0.3) is 0 Å². The van der Waals surface area contributed by atoms with Crippen LogP contribution < -0.4 is 0 Å². The lowest BCUT2D eigenvalue weighted by molar-refractivity contribution is 0.0949. The van der Waals surface area contributed by atoms with Crippen LogP contribution in [0.4, 0.5) is 0 Å². The molecule has 0 spiro atoms. The fourth-order valence-electron chi connectivity index (χ4n) is 2.85. The minimum atomic E-state index is -0.0632. The van der Waals surface area contributed by atoms with Gasteiger partial charge in [0.05, 0.1) is 11.6 Å². The number of pyridine rings is 1. The van der Waals surface area contributed by atoms with E-state index in [4.69, 9.17) is 0 Å². The van der Waals surface area contributed by atoms with Gasteiger partial charge in [0.2, 0.25) is 0 Å². The molecule has 1 heterocycles. The Labute approximate surface area is 125 Å². The first-order chi connectivity index (χ1) is 9.25. The number of fused-ring (bicyclic) bond motifs is 1. The van der Waals surface area contributed by atoms with E-state index in [0.717, 1.165) is 30.5 Å². The van der Waals surface area contributed by atoms with Crippen LogP contribution >= 0.6 is 12.4 Å². The first-order valence-electron chi connectivity index (χ1n) is 6.80. The molecule has 0 saturated carbocycles. The maximum atomic E-state index is 12.6. The van der Waals surface area contributed by atoms with E-state index >= 15 is 0 Å². The maximum absolute atomic E-state index is 12.6. The summed E-state index contributed by atoms with van der Waals surface area (Å²) < 4.78 is 0. The molecule has 1 aliphatic carbocycles.